The Kier molecular flexibility index (Phi) is 6.95. The number of likely N-dealkylation sites (tertiary alicyclic amines) is 1. The molecule has 10 nitrogen and oxygen atoms in total. The van der Waals surface area contributed by atoms with Crippen molar-refractivity contribution >= 4 is 40.0 Å². The molecule has 1 aromatic heterocycles. The zero-order chi connectivity index (χ0) is 29.0. The first-order valence-electron chi connectivity index (χ1n) is 14.7. The number of nitrogens with zero attached hydrogens (tertiary/aromatic N) is 7. The fraction of sp³-hybridized carbons (Fsp3) is 0.484. The number of anilines is 2. The van der Waals surface area contributed by atoms with E-state index in [4.69, 9.17) is 26.3 Å². The molecule has 4 aliphatic rings. The first-order valence-corrected chi connectivity index (χ1v) is 15.1. The van der Waals surface area contributed by atoms with Crippen molar-refractivity contribution in [1.82, 2.24) is 19.8 Å². The van der Waals surface area contributed by atoms with E-state index in [0.29, 0.717) is 44.7 Å². The van der Waals surface area contributed by atoms with Crippen molar-refractivity contribution in [3.05, 3.63) is 52.7 Å². The molecular weight excluding hydrogens is 554 g/mol. The Hall–Kier alpha value is -3.81. The Morgan fingerprint density at radius 2 is 2.00 bits per heavy atom. The minimum atomic E-state index is -0.957. The molecule has 0 aliphatic carbocycles. The predicted octanol–water partition coefficient (Wildman–Crippen LogP) is 4.40. The maximum atomic E-state index is 12.1. The molecule has 1 N–H and O–H groups in total. The third-order valence-corrected chi connectivity index (χ3v) is 9.85. The summed E-state index contributed by atoms with van der Waals surface area (Å²) in [6, 6.07) is 14.6. The number of rotatable bonds is 5. The van der Waals surface area contributed by atoms with Gasteiger partial charge in [0.15, 0.2) is 0 Å². The summed E-state index contributed by atoms with van der Waals surface area (Å²) in [5, 5.41) is 22.5. The van der Waals surface area contributed by atoms with E-state index in [9.17, 15) is 15.2 Å². The van der Waals surface area contributed by atoms with E-state index in [1.165, 1.54) is 4.90 Å². The molecule has 0 spiro atoms. The van der Waals surface area contributed by atoms with E-state index in [0.717, 1.165) is 70.9 Å². The summed E-state index contributed by atoms with van der Waals surface area (Å²) in [4.78, 5) is 30.3. The summed E-state index contributed by atoms with van der Waals surface area (Å²) in [6.45, 7) is 3.85. The maximum absolute atomic E-state index is 12.1. The third kappa shape index (κ3) is 4.65. The van der Waals surface area contributed by atoms with Gasteiger partial charge in [-0.3, -0.25) is 4.90 Å². The number of hydrogen-bond donors (Lipinski definition) is 1. The highest BCUT2D eigenvalue weighted by molar-refractivity contribution is 6.36. The minimum absolute atomic E-state index is 0.245. The van der Waals surface area contributed by atoms with Gasteiger partial charge in [0, 0.05) is 42.3 Å². The van der Waals surface area contributed by atoms with Gasteiger partial charge in [-0.1, -0.05) is 35.9 Å². The quantitative estimate of drug-likeness (QED) is 0.464. The van der Waals surface area contributed by atoms with Crippen LogP contribution in [0.2, 0.25) is 5.02 Å². The molecule has 4 atom stereocenters. The van der Waals surface area contributed by atoms with E-state index in [-0.39, 0.29) is 18.0 Å². The highest BCUT2D eigenvalue weighted by Crippen LogP contribution is 2.40. The van der Waals surface area contributed by atoms with Crippen LogP contribution >= 0.6 is 11.6 Å². The first-order chi connectivity index (χ1) is 20.4. The molecule has 2 aromatic carbocycles. The zero-order valence-electron chi connectivity index (χ0n) is 23.6. The average molecular weight is 588 g/mol. The average Bonchev–Trinajstić information content (AvgIpc) is 3.51. The SMILES string of the molecule is CN1CCCC1COc1nc2c(c(N3C[C@H]4CC(C#N)[C@@H](C3)N4C(=O)O)n1)CCN(c1cccc3cccc(Cl)c13)C2. The lowest BCUT2D eigenvalue weighted by Crippen LogP contribution is -2.56. The summed E-state index contributed by atoms with van der Waals surface area (Å²) in [6.07, 6.45) is 2.55. The van der Waals surface area contributed by atoms with Gasteiger partial charge in [0.2, 0.25) is 0 Å². The van der Waals surface area contributed by atoms with E-state index < -0.39 is 6.09 Å². The van der Waals surface area contributed by atoms with Gasteiger partial charge in [0.1, 0.15) is 12.4 Å². The van der Waals surface area contributed by atoms with Gasteiger partial charge >= 0.3 is 12.1 Å². The van der Waals surface area contributed by atoms with Crippen LogP contribution in [-0.4, -0.2) is 88.9 Å². The third-order valence-electron chi connectivity index (χ3n) is 9.54. The van der Waals surface area contributed by atoms with Crippen molar-refractivity contribution in [3.63, 3.8) is 0 Å². The number of halogens is 1. The van der Waals surface area contributed by atoms with E-state index in [2.05, 4.69) is 52.1 Å². The summed E-state index contributed by atoms with van der Waals surface area (Å²) < 4.78 is 6.27. The molecule has 42 heavy (non-hydrogen) atoms. The lowest BCUT2D eigenvalue weighted by molar-refractivity contribution is 0.112. The summed E-state index contributed by atoms with van der Waals surface area (Å²) in [7, 11) is 2.12. The molecule has 1 amide bonds. The van der Waals surface area contributed by atoms with Gasteiger partial charge in [-0.25, -0.2) is 4.79 Å². The second-order valence-electron chi connectivity index (χ2n) is 11.9. The summed E-state index contributed by atoms with van der Waals surface area (Å²) >= 11 is 6.69. The van der Waals surface area contributed by atoms with Gasteiger partial charge in [-0.2, -0.15) is 15.2 Å². The Morgan fingerprint density at radius 1 is 1.17 bits per heavy atom. The molecule has 2 bridgehead atoms. The van der Waals surface area contributed by atoms with Crippen LogP contribution in [0.3, 0.4) is 0 Å². The second-order valence-corrected chi connectivity index (χ2v) is 12.3. The number of amides is 1. The van der Waals surface area contributed by atoms with Crippen LogP contribution in [0, 0.1) is 17.2 Å². The van der Waals surface area contributed by atoms with Gasteiger partial charge in [0.25, 0.3) is 0 Å². The molecule has 7 rings (SSSR count). The molecule has 3 saturated heterocycles. The lowest BCUT2D eigenvalue weighted by atomic mass is 10.0. The highest BCUT2D eigenvalue weighted by atomic mass is 35.5. The van der Waals surface area contributed by atoms with Crippen molar-refractivity contribution in [3.8, 4) is 12.1 Å². The molecule has 3 aromatic rings. The molecular formula is C31H34ClN7O3. The second kappa shape index (κ2) is 10.8. The fourth-order valence-corrected chi connectivity index (χ4v) is 7.67. The van der Waals surface area contributed by atoms with Crippen LogP contribution in [0.25, 0.3) is 10.8 Å². The predicted molar refractivity (Wildman–Crippen MR) is 160 cm³/mol. The van der Waals surface area contributed by atoms with Crippen molar-refractivity contribution in [2.24, 2.45) is 5.92 Å². The largest absolute Gasteiger partial charge is 0.465 e. The molecule has 3 fully saturated rings. The summed E-state index contributed by atoms with van der Waals surface area (Å²) in [5.74, 6) is 0.484. The Labute approximate surface area is 250 Å². The van der Waals surface area contributed by atoms with Crippen LogP contribution in [0.5, 0.6) is 6.01 Å². The lowest BCUT2D eigenvalue weighted by Gasteiger charge is -2.41. The molecule has 218 valence electrons. The molecule has 2 unspecified atom stereocenters. The number of carboxylic acid groups (broad SMARTS) is 1. The van der Waals surface area contributed by atoms with E-state index in [1.807, 2.05) is 12.1 Å². The minimum Gasteiger partial charge on any atom is -0.465 e. The van der Waals surface area contributed by atoms with E-state index >= 15 is 0 Å². The van der Waals surface area contributed by atoms with Crippen molar-refractivity contribution < 1.29 is 14.6 Å². The van der Waals surface area contributed by atoms with Crippen LogP contribution < -0.4 is 14.5 Å². The fourth-order valence-electron chi connectivity index (χ4n) is 7.39. The molecule has 4 aliphatic heterocycles. The number of aromatic nitrogens is 2. The van der Waals surface area contributed by atoms with E-state index in [1.54, 1.807) is 0 Å². The number of carbonyl (C=O) groups is 1. The number of piperazine rings is 1. The topological polar surface area (TPSA) is 109 Å². The first kappa shape index (κ1) is 27.0. The van der Waals surface area contributed by atoms with Crippen molar-refractivity contribution in [2.75, 3.05) is 49.6 Å². The number of hydrogen-bond acceptors (Lipinski definition) is 8. The molecule has 0 radical (unpaired) electrons. The van der Waals surface area contributed by atoms with Gasteiger partial charge in [-0.15, -0.1) is 0 Å². The molecule has 0 saturated carbocycles. The van der Waals surface area contributed by atoms with Crippen molar-refractivity contribution in [1.29, 1.82) is 5.26 Å². The Bertz CT molecular complexity index is 1570. The van der Waals surface area contributed by atoms with Crippen LogP contribution in [0.1, 0.15) is 30.5 Å². The normalized spacial score (nSPS) is 25.5. The number of ether oxygens (including phenoxy) is 1. The van der Waals surface area contributed by atoms with Gasteiger partial charge in [0.05, 0.1) is 41.3 Å². The van der Waals surface area contributed by atoms with Gasteiger partial charge in [-0.05, 0) is 56.8 Å². The number of likely N-dealkylation sites (N-methyl/N-ethyl adjacent to an activating group) is 1. The number of benzene rings is 2. The molecule has 11 heteroatoms. The summed E-state index contributed by atoms with van der Waals surface area (Å²) in [5.41, 5.74) is 3.05. The zero-order valence-corrected chi connectivity index (χ0v) is 24.4. The van der Waals surface area contributed by atoms with Crippen LogP contribution in [0.15, 0.2) is 36.4 Å². The smallest absolute Gasteiger partial charge is 0.407 e. The van der Waals surface area contributed by atoms with Crippen molar-refractivity contribution in [2.45, 2.75) is 50.4 Å². The highest BCUT2D eigenvalue weighted by Gasteiger charge is 2.49. The van der Waals surface area contributed by atoms with Crippen LogP contribution in [0.4, 0.5) is 16.3 Å². The molecule has 5 heterocycles. The monoisotopic (exact) mass is 587 g/mol. The number of fused-ring (bicyclic) bond motifs is 4. The Balaban J connectivity index is 1.24. The standard InChI is InChI=1S/C31H34ClN7O3/c1-36-11-4-7-21(36)18-42-30-34-25-16-37(26-9-3-6-19-5-2-8-24(32)28(19)26)12-10-23(25)29(35-30)38-15-22-13-20(14-33)27(17-38)39(22)31(40)41/h2-3,5-6,8-9,20-22,27H,4,7,10-13,15-18H2,1H3,(H,40,41)/t20?,21?,22-,27-/m1/s1. The van der Waals surface area contributed by atoms with Crippen LogP contribution in [-0.2, 0) is 13.0 Å². The Morgan fingerprint density at radius 3 is 2.76 bits per heavy atom. The maximum Gasteiger partial charge on any atom is 0.407 e. The number of nitriles is 1. The van der Waals surface area contributed by atoms with Gasteiger partial charge < -0.3 is 24.5 Å².